The molecular weight excluding hydrogens is 440 g/mol. The maximum Gasteiger partial charge on any atom is 0.315 e. The number of esters is 1. The third kappa shape index (κ3) is 5.17. The molecule has 35 heavy (non-hydrogen) atoms. The van der Waals surface area contributed by atoms with Crippen molar-refractivity contribution >= 4 is 17.7 Å². The number of ether oxygens (including phenoxy) is 1. The number of rotatable bonds is 6. The molecule has 1 fully saturated rings. The van der Waals surface area contributed by atoms with Crippen molar-refractivity contribution in [3.63, 3.8) is 0 Å². The van der Waals surface area contributed by atoms with Crippen molar-refractivity contribution in [2.45, 2.75) is 19.8 Å². The molecule has 0 aromatic heterocycles. The fourth-order valence-corrected chi connectivity index (χ4v) is 4.62. The normalized spacial score (nSPS) is 15.6. The highest BCUT2D eigenvalue weighted by Crippen LogP contribution is 2.27. The van der Waals surface area contributed by atoms with Crippen molar-refractivity contribution in [2.24, 2.45) is 0 Å². The summed E-state index contributed by atoms with van der Waals surface area (Å²) in [5.41, 5.74) is 5.44. The summed E-state index contributed by atoms with van der Waals surface area (Å²) in [6.07, 6.45) is 0.655. The Balaban J connectivity index is 1.14. The molecule has 0 aliphatic carbocycles. The molecule has 0 spiro atoms. The smallest absolute Gasteiger partial charge is 0.315 e. The van der Waals surface area contributed by atoms with Gasteiger partial charge in [0.25, 0.3) is 5.91 Å². The zero-order chi connectivity index (χ0) is 24.4. The largest absolute Gasteiger partial charge is 0.426 e. The van der Waals surface area contributed by atoms with E-state index < -0.39 is 0 Å². The van der Waals surface area contributed by atoms with E-state index >= 15 is 0 Å². The second-order valence-corrected chi connectivity index (χ2v) is 9.23. The van der Waals surface area contributed by atoms with Crippen LogP contribution in [0.25, 0.3) is 11.1 Å². The Labute approximate surface area is 205 Å². The Morgan fingerprint density at radius 1 is 0.857 bits per heavy atom. The number of Topliss-reactive ketones (excluding diaryl/α,β-unsaturated/α-hetero) is 1. The van der Waals surface area contributed by atoms with Crippen LogP contribution in [0.4, 0.5) is 0 Å². The zero-order valence-electron chi connectivity index (χ0n) is 19.8. The van der Waals surface area contributed by atoms with E-state index in [2.05, 4.69) is 36.1 Å². The van der Waals surface area contributed by atoms with E-state index in [0.29, 0.717) is 42.9 Å². The van der Waals surface area contributed by atoms with E-state index in [0.717, 1.165) is 29.8 Å². The number of ketones is 1. The van der Waals surface area contributed by atoms with Gasteiger partial charge in [-0.15, -0.1) is 0 Å². The van der Waals surface area contributed by atoms with Gasteiger partial charge in [0.05, 0.1) is 6.42 Å². The topological polar surface area (TPSA) is 66.9 Å². The van der Waals surface area contributed by atoms with Crippen molar-refractivity contribution in [1.82, 2.24) is 9.80 Å². The lowest BCUT2D eigenvalue weighted by Crippen LogP contribution is -2.49. The Hall–Kier alpha value is -3.77. The highest BCUT2D eigenvalue weighted by Gasteiger charge is 2.24. The molecule has 0 unspecified atom stereocenters. The van der Waals surface area contributed by atoms with Gasteiger partial charge in [0, 0.05) is 55.8 Å². The first kappa shape index (κ1) is 23.0. The molecule has 178 valence electrons. The van der Waals surface area contributed by atoms with Crippen LogP contribution in [0.15, 0.2) is 66.7 Å². The number of piperazine rings is 1. The maximum atomic E-state index is 13.1. The summed E-state index contributed by atoms with van der Waals surface area (Å²) in [7, 11) is 0. The molecule has 0 saturated carbocycles. The van der Waals surface area contributed by atoms with Crippen molar-refractivity contribution in [1.29, 1.82) is 0 Å². The van der Waals surface area contributed by atoms with Crippen LogP contribution in [0, 0.1) is 6.92 Å². The lowest BCUT2D eigenvalue weighted by molar-refractivity contribution is -0.131. The first-order chi connectivity index (χ1) is 17.0. The molecule has 1 amide bonds. The lowest BCUT2D eigenvalue weighted by atomic mass is 10.0. The Bertz CT molecular complexity index is 1270. The summed E-state index contributed by atoms with van der Waals surface area (Å²) in [6, 6.07) is 21.3. The molecule has 3 aromatic carbocycles. The number of hydrogen-bond donors (Lipinski definition) is 0. The van der Waals surface area contributed by atoms with E-state index in [1.807, 2.05) is 29.2 Å². The van der Waals surface area contributed by atoms with E-state index in [9.17, 15) is 14.4 Å². The molecule has 3 aromatic rings. The highest BCUT2D eigenvalue weighted by atomic mass is 16.5. The molecule has 1 saturated heterocycles. The van der Waals surface area contributed by atoms with Crippen LogP contribution in [0.2, 0.25) is 0 Å². The number of fused-ring (bicyclic) bond motifs is 1. The van der Waals surface area contributed by atoms with Gasteiger partial charge in [0.1, 0.15) is 5.75 Å². The van der Waals surface area contributed by atoms with Crippen molar-refractivity contribution < 1.29 is 19.1 Å². The molecule has 2 heterocycles. The fraction of sp³-hybridized carbons (Fsp3) is 0.276. The van der Waals surface area contributed by atoms with Crippen molar-refractivity contribution in [3.05, 3.63) is 89.0 Å². The first-order valence-corrected chi connectivity index (χ1v) is 12.0. The van der Waals surface area contributed by atoms with Gasteiger partial charge in [0.2, 0.25) is 0 Å². The molecule has 6 nitrogen and oxygen atoms in total. The number of hydrogen-bond acceptors (Lipinski definition) is 5. The van der Waals surface area contributed by atoms with Gasteiger partial charge in [-0.3, -0.25) is 19.3 Å². The highest BCUT2D eigenvalue weighted by molar-refractivity contribution is 5.97. The molecule has 6 heteroatoms. The number of amides is 1. The van der Waals surface area contributed by atoms with E-state index in [-0.39, 0.29) is 24.1 Å². The second kappa shape index (κ2) is 9.84. The number of carbonyl (C=O) groups excluding carboxylic acids is 3. The number of nitrogens with zero attached hydrogens (tertiary/aromatic N) is 2. The van der Waals surface area contributed by atoms with Crippen LogP contribution >= 0.6 is 0 Å². The Morgan fingerprint density at radius 3 is 2.40 bits per heavy atom. The number of benzene rings is 3. The van der Waals surface area contributed by atoms with Crippen LogP contribution < -0.4 is 4.74 Å². The van der Waals surface area contributed by atoms with Gasteiger partial charge in [-0.1, -0.05) is 54.1 Å². The summed E-state index contributed by atoms with van der Waals surface area (Å²) >= 11 is 0. The van der Waals surface area contributed by atoms with E-state index in [4.69, 9.17) is 4.74 Å². The van der Waals surface area contributed by atoms with Gasteiger partial charge in [-0.05, 0) is 36.2 Å². The van der Waals surface area contributed by atoms with Crippen LogP contribution in [0.3, 0.4) is 0 Å². The van der Waals surface area contributed by atoms with Gasteiger partial charge in [-0.25, -0.2) is 0 Å². The standard InChI is InChI=1S/C29H28N2O4/c1-20-5-7-21(8-6-20)22-3-2-4-25(17-22)29(34)31-15-13-30(14-16-31)12-11-26(32)23-9-10-24-19-28(33)35-27(24)18-23/h2-10,17-18H,11-16,19H2,1H3. The average molecular weight is 469 g/mol. The van der Waals surface area contributed by atoms with Crippen LogP contribution in [-0.4, -0.2) is 60.2 Å². The molecule has 0 N–H and O–H groups in total. The van der Waals surface area contributed by atoms with Crippen molar-refractivity contribution in [3.8, 4) is 16.9 Å². The molecule has 0 atom stereocenters. The fourth-order valence-electron chi connectivity index (χ4n) is 4.62. The molecule has 5 rings (SSSR count). The van der Waals surface area contributed by atoms with Gasteiger partial charge in [-0.2, -0.15) is 0 Å². The average Bonchev–Trinajstić information content (AvgIpc) is 3.27. The van der Waals surface area contributed by atoms with Crippen molar-refractivity contribution in [2.75, 3.05) is 32.7 Å². The quantitative estimate of drug-likeness (QED) is 0.309. The second-order valence-electron chi connectivity index (χ2n) is 9.23. The summed E-state index contributed by atoms with van der Waals surface area (Å²) in [4.78, 5) is 41.3. The molecule has 2 aliphatic heterocycles. The van der Waals surface area contributed by atoms with Crippen LogP contribution in [-0.2, 0) is 11.2 Å². The monoisotopic (exact) mass is 468 g/mol. The minimum Gasteiger partial charge on any atom is -0.426 e. The van der Waals surface area contributed by atoms with E-state index in [1.165, 1.54) is 5.56 Å². The molecule has 0 radical (unpaired) electrons. The third-order valence-corrected chi connectivity index (χ3v) is 6.76. The molecule has 0 bridgehead atoms. The number of carbonyl (C=O) groups is 3. The summed E-state index contributed by atoms with van der Waals surface area (Å²) < 4.78 is 5.16. The molecule has 2 aliphatic rings. The number of aryl methyl sites for hydroxylation is 1. The third-order valence-electron chi connectivity index (χ3n) is 6.76. The predicted molar refractivity (Wildman–Crippen MR) is 134 cm³/mol. The summed E-state index contributed by atoms with van der Waals surface area (Å²) in [6.45, 7) is 5.44. The SMILES string of the molecule is Cc1ccc(-c2cccc(C(=O)N3CCN(CCC(=O)c4ccc5c(c4)OC(=O)C5)CC3)c2)cc1. The molecular formula is C29H28N2O4. The summed E-state index contributed by atoms with van der Waals surface area (Å²) in [5, 5.41) is 0. The van der Waals surface area contributed by atoms with E-state index in [1.54, 1.807) is 18.2 Å². The first-order valence-electron chi connectivity index (χ1n) is 12.0. The summed E-state index contributed by atoms with van der Waals surface area (Å²) in [5.74, 6) is 0.294. The van der Waals surface area contributed by atoms with Crippen LogP contribution in [0.5, 0.6) is 5.75 Å². The lowest BCUT2D eigenvalue weighted by Gasteiger charge is -2.34. The Kier molecular flexibility index (Phi) is 6.47. The maximum absolute atomic E-state index is 13.1. The minimum atomic E-state index is -0.279. The predicted octanol–water partition coefficient (Wildman–Crippen LogP) is 4.15. The zero-order valence-corrected chi connectivity index (χ0v) is 19.8. The Morgan fingerprint density at radius 2 is 1.63 bits per heavy atom. The van der Waals surface area contributed by atoms with Gasteiger partial charge < -0.3 is 9.64 Å². The van der Waals surface area contributed by atoms with Crippen LogP contribution in [0.1, 0.15) is 38.3 Å². The van der Waals surface area contributed by atoms with Gasteiger partial charge >= 0.3 is 5.97 Å². The van der Waals surface area contributed by atoms with Gasteiger partial charge in [0.15, 0.2) is 5.78 Å². The minimum absolute atomic E-state index is 0.0298.